The molecule has 2 heterocycles. The van der Waals surface area contributed by atoms with E-state index < -0.39 is 0 Å². The molecule has 0 N–H and O–H groups in total. The van der Waals surface area contributed by atoms with Crippen LogP contribution in [-0.2, 0) is 11.3 Å². The third-order valence-electron chi connectivity index (χ3n) is 4.30. The Bertz CT molecular complexity index is 764. The number of carbonyl (C=O) groups excluding carboxylic acids is 1. The van der Waals surface area contributed by atoms with Crippen molar-refractivity contribution in [3.63, 3.8) is 0 Å². The van der Waals surface area contributed by atoms with Crippen LogP contribution in [0.25, 0.3) is 11.1 Å². The van der Waals surface area contributed by atoms with Gasteiger partial charge in [0.05, 0.1) is 5.56 Å². The van der Waals surface area contributed by atoms with Crippen LogP contribution in [-0.4, -0.2) is 24.1 Å². The summed E-state index contributed by atoms with van der Waals surface area (Å²) >= 11 is 0. The van der Waals surface area contributed by atoms with Gasteiger partial charge in [-0.25, -0.2) is 0 Å². The van der Waals surface area contributed by atoms with Gasteiger partial charge < -0.3 is 9.30 Å². The molecule has 1 aliphatic rings. The first-order chi connectivity index (χ1) is 11.7. The Hall–Kier alpha value is -2.47. The minimum absolute atomic E-state index is 0.0628. The van der Waals surface area contributed by atoms with Gasteiger partial charge in [0.2, 0.25) is 0 Å². The van der Waals surface area contributed by atoms with E-state index in [9.17, 15) is 14.1 Å². The molecule has 0 unspecified atom stereocenters. The van der Waals surface area contributed by atoms with Crippen LogP contribution in [0.2, 0.25) is 0 Å². The Labute approximate surface area is 138 Å². The van der Waals surface area contributed by atoms with Gasteiger partial charge in [0.25, 0.3) is 0 Å². The number of nitrogens with zero attached hydrogens (tertiary/aromatic N) is 1. The molecule has 3 rings (SSSR count). The molecule has 1 fully saturated rings. The number of pyridine rings is 1. The summed E-state index contributed by atoms with van der Waals surface area (Å²) in [6.07, 6.45) is 5.83. The normalized spacial score (nSPS) is 15.2. The van der Waals surface area contributed by atoms with Crippen LogP contribution in [0.5, 0.6) is 5.75 Å². The van der Waals surface area contributed by atoms with Crippen molar-refractivity contribution in [1.29, 1.82) is 0 Å². The Morgan fingerprint density at radius 2 is 1.92 bits per heavy atom. The summed E-state index contributed by atoms with van der Waals surface area (Å²) in [4.78, 5) is 27.3. The molecule has 0 atom stereocenters. The lowest BCUT2D eigenvalue weighted by Crippen LogP contribution is -2.22. The smallest absolute Gasteiger partial charge is 0.199 e. The number of benzene rings is 1. The molecule has 1 aliphatic heterocycles. The summed E-state index contributed by atoms with van der Waals surface area (Å²) < 4.78 is 19.4. The molecular weight excluding hydrogens is 313 g/mol. The number of halogens is 1. The largest absolute Gasteiger partial charge is 0.381 e. The van der Waals surface area contributed by atoms with Gasteiger partial charge in [-0.2, -0.15) is 0 Å². The maximum atomic E-state index is 12.4. The van der Waals surface area contributed by atoms with E-state index in [1.54, 1.807) is 24.5 Å². The zero-order valence-electron chi connectivity index (χ0n) is 13.1. The maximum Gasteiger partial charge on any atom is 0.199 e. The van der Waals surface area contributed by atoms with Gasteiger partial charge in [-0.3, -0.25) is 14.5 Å². The van der Waals surface area contributed by atoms with Crippen LogP contribution in [0, 0.1) is 5.92 Å². The van der Waals surface area contributed by atoms with Crippen LogP contribution >= 0.6 is 0 Å². The van der Waals surface area contributed by atoms with Crippen molar-refractivity contribution in [2.45, 2.75) is 19.4 Å². The molecule has 0 amide bonds. The summed E-state index contributed by atoms with van der Waals surface area (Å²) in [6.45, 7) is 2.20. The SMILES string of the molecule is O=Cc1cn(CC2CCOCC2)cc(-c2ccc(OF)cc2)c1=O. The maximum absolute atomic E-state index is 12.4. The van der Waals surface area contributed by atoms with Crippen molar-refractivity contribution >= 4 is 6.29 Å². The lowest BCUT2D eigenvalue weighted by atomic mass is 9.99. The fraction of sp³-hybridized carbons (Fsp3) is 0.333. The molecule has 0 bridgehead atoms. The van der Waals surface area contributed by atoms with Crippen molar-refractivity contribution in [2.75, 3.05) is 13.2 Å². The first-order valence-corrected chi connectivity index (χ1v) is 7.87. The highest BCUT2D eigenvalue weighted by Gasteiger charge is 2.16. The molecular formula is C18H18FNO4. The first kappa shape index (κ1) is 16.4. The predicted octanol–water partition coefficient (Wildman–Crippen LogP) is 3.02. The van der Waals surface area contributed by atoms with Crippen LogP contribution in [0.1, 0.15) is 23.2 Å². The monoisotopic (exact) mass is 331 g/mol. The molecule has 0 aliphatic carbocycles. The number of rotatable bonds is 5. The molecule has 1 saturated heterocycles. The average Bonchev–Trinajstić information content (AvgIpc) is 2.64. The van der Waals surface area contributed by atoms with Gasteiger partial charge in [0.1, 0.15) is 0 Å². The molecule has 2 aromatic rings. The van der Waals surface area contributed by atoms with Crippen molar-refractivity contribution in [1.82, 2.24) is 4.57 Å². The van der Waals surface area contributed by atoms with E-state index in [2.05, 4.69) is 4.94 Å². The zero-order valence-corrected chi connectivity index (χ0v) is 13.1. The zero-order chi connectivity index (χ0) is 16.9. The lowest BCUT2D eigenvalue weighted by molar-refractivity contribution is -0.00618. The fourth-order valence-corrected chi connectivity index (χ4v) is 2.96. The Morgan fingerprint density at radius 3 is 2.54 bits per heavy atom. The molecule has 1 aromatic carbocycles. The second kappa shape index (κ2) is 7.40. The van der Waals surface area contributed by atoms with E-state index in [-0.39, 0.29) is 16.7 Å². The summed E-state index contributed by atoms with van der Waals surface area (Å²) in [7, 11) is 0. The van der Waals surface area contributed by atoms with Gasteiger partial charge in [0.15, 0.2) is 17.5 Å². The van der Waals surface area contributed by atoms with E-state index in [1.165, 1.54) is 12.1 Å². The second-order valence-electron chi connectivity index (χ2n) is 5.93. The van der Waals surface area contributed by atoms with E-state index in [1.807, 2.05) is 4.57 Å². The predicted molar refractivity (Wildman–Crippen MR) is 86.8 cm³/mol. The van der Waals surface area contributed by atoms with E-state index in [0.717, 1.165) is 32.6 Å². The third-order valence-corrected chi connectivity index (χ3v) is 4.30. The molecule has 0 saturated carbocycles. The summed E-state index contributed by atoms with van der Waals surface area (Å²) in [5.74, 6) is 0.517. The highest BCUT2D eigenvalue weighted by Crippen LogP contribution is 2.22. The summed E-state index contributed by atoms with van der Waals surface area (Å²) in [5.41, 5.74) is 0.815. The van der Waals surface area contributed by atoms with Gasteiger partial charge in [0, 0.05) is 42.2 Å². The molecule has 6 heteroatoms. The molecule has 1 aromatic heterocycles. The van der Waals surface area contributed by atoms with E-state index in [4.69, 9.17) is 4.74 Å². The molecule has 126 valence electrons. The summed E-state index contributed by atoms with van der Waals surface area (Å²) in [5, 5.41) is 0. The Kier molecular flexibility index (Phi) is 5.05. The van der Waals surface area contributed by atoms with Crippen molar-refractivity contribution < 1.29 is 19.0 Å². The Morgan fingerprint density at radius 1 is 1.21 bits per heavy atom. The van der Waals surface area contributed by atoms with Crippen LogP contribution < -0.4 is 10.4 Å². The average molecular weight is 331 g/mol. The van der Waals surface area contributed by atoms with Crippen LogP contribution in [0.3, 0.4) is 0 Å². The van der Waals surface area contributed by atoms with Crippen molar-refractivity contribution in [3.8, 4) is 16.9 Å². The topological polar surface area (TPSA) is 57.5 Å². The van der Waals surface area contributed by atoms with E-state index in [0.29, 0.717) is 23.3 Å². The quantitative estimate of drug-likeness (QED) is 0.790. The van der Waals surface area contributed by atoms with Crippen LogP contribution in [0.4, 0.5) is 4.53 Å². The third kappa shape index (κ3) is 3.54. The fourth-order valence-electron chi connectivity index (χ4n) is 2.96. The standard InChI is InChI=1S/C18H18FNO4/c19-24-16-3-1-14(2-4-16)17-11-20(10-15(12-21)18(17)22)9-13-5-7-23-8-6-13/h1-4,10-13H,5-9H2. The van der Waals surface area contributed by atoms with Crippen molar-refractivity contribution in [3.05, 3.63) is 52.4 Å². The minimum Gasteiger partial charge on any atom is -0.381 e. The highest BCUT2D eigenvalue weighted by molar-refractivity contribution is 5.78. The van der Waals surface area contributed by atoms with Gasteiger partial charge in [-0.15, -0.1) is 0 Å². The minimum atomic E-state index is -0.331. The molecule has 0 spiro atoms. The Balaban J connectivity index is 1.95. The second-order valence-corrected chi connectivity index (χ2v) is 5.93. The van der Waals surface area contributed by atoms with Gasteiger partial charge in [-0.05, 0) is 36.5 Å². The van der Waals surface area contributed by atoms with Crippen molar-refractivity contribution in [2.24, 2.45) is 5.92 Å². The van der Waals surface area contributed by atoms with E-state index >= 15 is 0 Å². The molecule has 0 radical (unpaired) electrons. The highest BCUT2D eigenvalue weighted by atomic mass is 19.3. The number of carbonyl (C=O) groups is 1. The number of hydrogen-bond donors (Lipinski definition) is 0. The van der Waals surface area contributed by atoms with Gasteiger partial charge >= 0.3 is 0 Å². The summed E-state index contributed by atoms with van der Waals surface area (Å²) in [6, 6.07) is 6.06. The number of ether oxygens (including phenoxy) is 1. The van der Waals surface area contributed by atoms with Crippen LogP contribution in [0.15, 0.2) is 41.5 Å². The first-order valence-electron chi connectivity index (χ1n) is 7.87. The molecule has 24 heavy (non-hydrogen) atoms. The van der Waals surface area contributed by atoms with Gasteiger partial charge in [-0.1, -0.05) is 12.1 Å². The lowest BCUT2D eigenvalue weighted by Gasteiger charge is -2.23. The number of hydrogen-bond acceptors (Lipinski definition) is 4. The number of aldehydes is 1. The molecule has 5 nitrogen and oxygen atoms in total. The number of aromatic nitrogens is 1.